The topological polar surface area (TPSA) is 20.2 Å². The van der Waals surface area contributed by atoms with Crippen molar-refractivity contribution >= 4 is 35.7 Å². The lowest BCUT2D eigenvalue weighted by atomic mass is 10.6. The summed E-state index contributed by atoms with van der Waals surface area (Å²) in [7, 11) is 0. The van der Waals surface area contributed by atoms with Crippen LogP contribution in [-0.4, -0.2) is 15.8 Å². The molecule has 1 atom stereocenters. The maximum atomic E-state index is 8.69. The molecule has 0 spiro atoms. The molecule has 0 saturated heterocycles. The Bertz CT molecular complexity index is 41.7. The summed E-state index contributed by atoms with van der Waals surface area (Å²) in [6.07, 6.45) is 0. The molecule has 52 valence electrons. The molecule has 0 aliphatic heterocycles. The highest BCUT2D eigenvalue weighted by Crippen LogP contribution is 2.12. The Morgan fingerprint density at radius 2 is 1.62 bits per heavy atom. The molecule has 8 heavy (non-hydrogen) atoms. The van der Waals surface area contributed by atoms with E-state index in [0.29, 0.717) is 5.25 Å². The van der Waals surface area contributed by atoms with Crippen LogP contribution in [0.2, 0.25) is 0 Å². The zero-order chi connectivity index (χ0) is 5.86. The van der Waals surface area contributed by atoms with Crippen molar-refractivity contribution in [2.75, 3.05) is 0 Å². The summed E-state index contributed by atoms with van der Waals surface area (Å²) in [5.41, 5.74) is -0.208. The van der Waals surface area contributed by atoms with Crippen molar-refractivity contribution in [3.05, 3.63) is 0 Å². The predicted octanol–water partition coefficient (Wildman–Crippen LogP) is 2.08. The third-order valence-electron chi connectivity index (χ3n) is 0.469. The molecule has 0 aliphatic carbocycles. The van der Waals surface area contributed by atoms with E-state index in [1.165, 1.54) is 0 Å². The zero-order valence-electron chi connectivity index (χ0n) is 5.42. The summed E-state index contributed by atoms with van der Waals surface area (Å²) in [6.45, 7) is 5.92. The summed E-state index contributed by atoms with van der Waals surface area (Å²) in [6, 6.07) is 0. The first-order chi connectivity index (χ1) is 3.13. The molecule has 0 aromatic heterocycles. The number of thioether (sulfide) groups is 1. The van der Waals surface area contributed by atoms with Crippen molar-refractivity contribution < 1.29 is 5.11 Å². The Morgan fingerprint density at radius 1 is 1.25 bits per heavy atom. The number of aliphatic hydroxyl groups excluding tert-OH is 1. The Hall–Kier alpha value is 1.04. The van der Waals surface area contributed by atoms with Gasteiger partial charge in [-0.15, -0.1) is 35.7 Å². The van der Waals surface area contributed by atoms with Crippen molar-refractivity contribution in [3.63, 3.8) is 0 Å². The van der Waals surface area contributed by atoms with Gasteiger partial charge in [0.2, 0.25) is 0 Å². The highest BCUT2D eigenvalue weighted by atomic mass is 127. The van der Waals surface area contributed by atoms with E-state index in [1.807, 2.05) is 0 Å². The zero-order valence-corrected chi connectivity index (χ0v) is 8.57. The van der Waals surface area contributed by atoms with E-state index in [2.05, 4.69) is 13.8 Å². The maximum Gasteiger partial charge on any atom is 0.0967 e. The van der Waals surface area contributed by atoms with Crippen LogP contribution in [-0.2, 0) is 0 Å². The van der Waals surface area contributed by atoms with Crippen LogP contribution in [0, 0.1) is 0 Å². The van der Waals surface area contributed by atoms with Gasteiger partial charge in [-0.25, -0.2) is 0 Å². The second kappa shape index (κ2) is 6.16. The lowest BCUT2D eigenvalue weighted by Crippen LogP contribution is -1.97. The average molecular weight is 248 g/mol. The number of hydrogen-bond acceptors (Lipinski definition) is 2. The fourth-order valence-electron chi connectivity index (χ4n) is 0.394. The second-order valence-corrected chi connectivity index (χ2v) is 3.68. The molecular formula is C5H13IOS. The molecule has 3 heteroatoms. The minimum Gasteiger partial charge on any atom is -0.383 e. The molecule has 0 aromatic carbocycles. The fourth-order valence-corrected chi connectivity index (χ4v) is 1.18. The van der Waals surface area contributed by atoms with Crippen molar-refractivity contribution in [2.45, 2.75) is 31.5 Å². The van der Waals surface area contributed by atoms with Gasteiger partial charge in [0.15, 0.2) is 0 Å². The minimum atomic E-state index is -0.208. The minimum absolute atomic E-state index is 0. The van der Waals surface area contributed by atoms with Crippen molar-refractivity contribution in [1.82, 2.24) is 0 Å². The standard InChI is InChI=1S/C5H12OS.HI/c1-4(2)7-5(3)6;/h4-6H,1-3H3;1H. The number of aliphatic hydroxyl groups is 1. The molecule has 0 aromatic rings. The highest BCUT2D eigenvalue weighted by Gasteiger charge is 1.97. The SMILES string of the molecule is CC(C)SC(C)O.I. The summed E-state index contributed by atoms with van der Waals surface area (Å²) < 4.78 is 0. The van der Waals surface area contributed by atoms with Gasteiger partial charge in [-0.1, -0.05) is 13.8 Å². The molecule has 0 heterocycles. The molecule has 0 radical (unpaired) electrons. The molecule has 0 rings (SSSR count). The number of hydrogen-bond donors (Lipinski definition) is 1. The Kier molecular flexibility index (Phi) is 9.09. The average Bonchev–Trinajstić information content (AvgIpc) is 1.27. The largest absolute Gasteiger partial charge is 0.383 e. The molecule has 0 saturated carbocycles. The van der Waals surface area contributed by atoms with Crippen LogP contribution in [0.1, 0.15) is 20.8 Å². The number of halogens is 1. The lowest BCUT2D eigenvalue weighted by Gasteiger charge is -2.04. The van der Waals surface area contributed by atoms with Gasteiger partial charge in [-0.2, -0.15) is 0 Å². The molecule has 0 amide bonds. The summed E-state index contributed by atoms with van der Waals surface area (Å²) in [4.78, 5) is 0. The fraction of sp³-hybridized carbons (Fsp3) is 1.00. The predicted molar refractivity (Wildman–Crippen MR) is 49.8 cm³/mol. The van der Waals surface area contributed by atoms with Gasteiger partial charge in [-0.05, 0) is 6.92 Å². The first kappa shape index (κ1) is 11.8. The molecule has 1 nitrogen and oxygen atoms in total. The van der Waals surface area contributed by atoms with Crippen LogP contribution in [0.4, 0.5) is 0 Å². The molecule has 0 fully saturated rings. The second-order valence-electron chi connectivity index (χ2n) is 1.78. The first-order valence-corrected chi connectivity index (χ1v) is 3.40. The third kappa shape index (κ3) is 10.1. The summed E-state index contributed by atoms with van der Waals surface area (Å²) in [5.74, 6) is 0. The summed E-state index contributed by atoms with van der Waals surface area (Å²) in [5, 5.41) is 9.23. The van der Waals surface area contributed by atoms with E-state index < -0.39 is 0 Å². The van der Waals surface area contributed by atoms with Gasteiger partial charge in [0.1, 0.15) is 0 Å². The normalized spacial score (nSPS) is 13.1. The smallest absolute Gasteiger partial charge is 0.0967 e. The van der Waals surface area contributed by atoms with E-state index >= 15 is 0 Å². The third-order valence-corrected chi connectivity index (χ3v) is 1.41. The van der Waals surface area contributed by atoms with E-state index in [-0.39, 0.29) is 29.4 Å². The van der Waals surface area contributed by atoms with E-state index in [0.717, 1.165) is 0 Å². The van der Waals surface area contributed by atoms with Gasteiger partial charge in [0.25, 0.3) is 0 Å². The summed E-state index contributed by atoms with van der Waals surface area (Å²) >= 11 is 1.56. The van der Waals surface area contributed by atoms with Gasteiger partial charge in [0, 0.05) is 5.25 Å². The van der Waals surface area contributed by atoms with E-state index in [9.17, 15) is 0 Å². The number of rotatable bonds is 2. The first-order valence-electron chi connectivity index (χ1n) is 2.46. The molecule has 1 N–H and O–H groups in total. The van der Waals surface area contributed by atoms with Gasteiger partial charge in [0.05, 0.1) is 5.44 Å². The quantitative estimate of drug-likeness (QED) is 0.596. The van der Waals surface area contributed by atoms with Crippen LogP contribution in [0.3, 0.4) is 0 Å². The van der Waals surface area contributed by atoms with Crippen molar-refractivity contribution in [1.29, 1.82) is 0 Å². The van der Waals surface area contributed by atoms with Crippen LogP contribution < -0.4 is 0 Å². The van der Waals surface area contributed by atoms with E-state index in [1.54, 1.807) is 18.7 Å². The maximum absolute atomic E-state index is 8.69. The molecule has 1 unspecified atom stereocenters. The van der Waals surface area contributed by atoms with E-state index in [4.69, 9.17) is 5.11 Å². The van der Waals surface area contributed by atoms with Crippen molar-refractivity contribution in [3.8, 4) is 0 Å². The van der Waals surface area contributed by atoms with Crippen LogP contribution >= 0.6 is 35.7 Å². The molecular weight excluding hydrogens is 235 g/mol. The Labute approximate surface area is 72.3 Å². The van der Waals surface area contributed by atoms with Crippen LogP contribution in [0.5, 0.6) is 0 Å². The van der Waals surface area contributed by atoms with Crippen molar-refractivity contribution in [2.24, 2.45) is 0 Å². The van der Waals surface area contributed by atoms with Crippen LogP contribution in [0.15, 0.2) is 0 Å². The molecule has 0 aliphatic rings. The van der Waals surface area contributed by atoms with Gasteiger partial charge < -0.3 is 5.11 Å². The molecule has 0 bridgehead atoms. The van der Waals surface area contributed by atoms with Crippen LogP contribution in [0.25, 0.3) is 0 Å². The highest BCUT2D eigenvalue weighted by molar-refractivity contribution is 14.0. The lowest BCUT2D eigenvalue weighted by molar-refractivity contribution is 0.283. The Morgan fingerprint density at radius 3 is 1.62 bits per heavy atom. The van der Waals surface area contributed by atoms with Gasteiger partial charge in [-0.3, -0.25) is 0 Å². The Balaban J connectivity index is 0. The monoisotopic (exact) mass is 248 g/mol. The van der Waals surface area contributed by atoms with Gasteiger partial charge >= 0.3 is 0 Å².